The summed E-state index contributed by atoms with van der Waals surface area (Å²) >= 11 is 3.42. The molecule has 0 saturated heterocycles. The minimum atomic E-state index is -0.575. The highest BCUT2D eigenvalue weighted by atomic mass is 79.9. The van der Waals surface area contributed by atoms with Gasteiger partial charge in [0, 0.05) is 17.6 Å². The summed E-state index contributed by atoms with van der Waals surface area (Å²) in [4.78, 5) is 2.22. The summed E-state index contributed by atoms with van der Waals surface area (Å²) < 4.78 is 1.11. The van der Waals surface area contributed by atoms with Gasteiger partial charge in [0.15, 0.2) is 0 Å². The average Bonchev–Trinajstić information content (AvgIpc) is 2.18. The molecule has 16 heavy (non-hydrogen) atoms. The van der Waals surface area contributed by atoms with E-state index in [-0.39, 0.29) is 0 Å². The van der Waals surface area contributed by atoms with Crippen LogP contribution in [0.5, 0.6) is 0 Å². The monoisotopic (exact) mass is 285 g/mol. The number of hydrogen-bond acceptors (Lipinski definition) is 2. The Kier molecular flexibility index (Phi) is 4.96. The summed E-state index contributed by atoms with van der Waals surface area (Å²) in [7, 11) is 2.08. The van der Waals surface area contributed by atoms with Crippen molar-refractivity contribution in [1.82, 2.24) is 4.90 Å². The third kappa shape index (κ3) is 5.64. The van der Waals surface area contributed by atoms with Crippen LogP contribution >= 0.6 is 15.9 Å². The van der Waals surface area contributed by atoms with E-state index in [4.69, 9.17) is 0 Å². The van der Waals surface area contributed by atoms with E-state index >= 15 is 0 Å². The number of rotatable bonds is 5. The van der Waals surface area contributed by atoms with Crippen molar-refractivity contribution in [2.45, 2.75) is 32.4 Å². The topological polar surface area (TPSA) is 23.5 Å². The standard InChI is InChI=1S/C13H20BrNO/c1-13(2,16)8-9-15(3)10-11-4-6-12(14)7-5-11/h4-7,16H,8-10H2,1-3H3. The van der Waals surface area contributed by atoms with Crippen LogP contribution in [0.1, 0.15) is 25.8 Å². The van der Waals surface area contributed by atoms with Gasteiger partial charge in [-0.15, -0.1) is 0 Å². The fourth-order valence-corrected chi connectivity index (χ4v) is 1.71. The largest absolute Gasteiger partial charge is 0.390 e. The van der Waals surface area contributed by atoms with Crippen molar-refractivity contribution in [3.8, 4) is 0 Å². The summed E-state index contributed by atoms with van der Waals surface area (Å²) in [5.74, 6) is 0. The molecule has 0 radical (unpaired) electrons. The second-order valence-corrected chi connectivity index (χ2v) is 5.84. The number of nitrogens with zero attached hydrogens (tertiary/aromatic N) is 1. The molecule has 2 nitrogen and oxygen atoms in total. The first-order chi connectivity index (χ1) is 7.37. The summed E-state index contributed by atoms with van der Waals surface area (Å²) in [6.07, 6.45) is 0.792. The Morgan fingerprint density at radius 2 is 1.81 bits per heavy atom. The van der Waals surface area contributed by atoms with Crippen LogP contribution < -0.4 is 0 Å². The first-order valence-corrected chi connectivity index (χ1v) is 6.31. The number of benzene rings is 1. The molecule has 0 bridgehead atoms. The molecule has 0 fully saturated rings. The molecule has 90 valence electrons. The van der Waals surface area contributed by atoms with Gasteiger partial charge >= 0.3 is 0 Å². The number of hydrogen-bond donors (Lipinski definition) is 1. The lowest BCUT2D eigenvalue weighted by Gasteiger charge is -2.22. The molecular formula is C13H20BrNO. The molecule has 0 amide bonds. The quantitative estimate of drug-likeness (QED) is 0.899. The van der Waals surface area contributed by atoms with Gasteiger partial charge in [0.25, 0.3) is 0 Å². The van der Waals surface area contributed by atoms with Crippen molar-refractivity contribution >= 4 is 15.9 Å². The van der Waals surface area contributed by atoms with Crippen molar-refractivity contribution in [3.63, 3.8) is 0 Å². The maximum absolute atomic E-state index is 9.64. The van der Waals surface area contributed by atoms with Gasteiger partial charge in [0.2, 0.25) is 0 Å². The van der Waals surface area contributed by atoms with E-state index in [1.807, 2.05) is 13.8 Å². The number of aliphatic hydroxyl groups is 1. The van der Waals surface area contributed by atoms with Crippen LogP contribution in [0.2, 0.25) is 0 Å². The summed E-state index contributed by atoms with van der Waals surface area (Å²) in [5.41, 5.74) is 0.718. The Morgan fingerprint density at radius 1 is 1.25 bits per heavy atom. The molecule has 0 aliphatic heterocycles. The third-order valence-corrected chi connectivity index (χ3v) is 3.00. The Labute approximate surface area is 106 Å². The van der Waals surface area contributed by atoms with E-state index in [9.17, 15) is 5.11 Å². The van der Waals surface area contributed by atoms with Crippen molar-refractivity contribution in [2.24, 2.45) is 0 Å². The molecule has 0 heterocycles. The van der Waals surface area contributed by atoms with E-state index in [2.05, 4.69) is 52.1 Å². The van der Waals surface area contributed by atoms with Gasteiger partial charge in [-0.25, -0.2) is 0 Å². The van der Waals surface area contributed by atoms with Crippen LogP contribution in [0, 0.1) is 0 Å². The first kappa shape index (κ1) is 13.7. The molecule has 0 spiro atoms. The lowest BCUT2D eigenvalue weighted by Crippen LogP contribution is -2.28. The third-order valence-electron chi connectivity index (χ3n) is 2.47. The lowest BCUT2D eigenvalue weighted by molar-refractivity contribution is 0.0599. The molecule has 0 aromatic heterocycles. The highest BCUT2D eigenvalue weighted by Crippen LogP contribution is 2.13. The normalized spacial score (nSPS) is 12.1. The van der Waals surface area contributed by atoms with E-state index in [0.29, 0.717) is 0 Å². The van der Waals surface area contributed by atoms with Crippen molar-refractivity contribution < 1.29 is 5.11 Å². The van der Waals surface area contributed by atoms with Gasteiger partial charge in [0.05, 0.1) is 5.60 Å². The zero-order valence-electron chi connectivity index (χ0n) is 10.2. The molecule has 1 rings (SSSR count). The van der Waals surface area contributed by atoms with E-state index in [1.165, 1.54) is 5.56 Å². The maximum Gasteiger partial charge on any atom is 0.0603 e. The molecule has 0 saturated carbocycles. The Morgan fingerprint density at radius 3 is 2.31 bits per heavy atom. The van der Waals surface area contributed by atoms with Crippen LogP contribution in [0.3, 0.4) is 0 Å². The smallest absolute Gasteiger partial charge is 0.0603 e. The first-order valence-electron chi connectivity index (χ1n) is 5.52. The molecule has 3 heteroatoms. The summed E-state index contributed by atoms with van der Waals surface area (Å²) in [6.45, 7) is 5.52. The summed E-state index contributed by atoms with van der Waals surface area (Å²) in [6, 6.07) is 8.34. The van der Waals surface area contributed by atoms with Crippen LogP contribution in [0.25, 0.3) is 0 Å². The molecule has 0 aliphatic carbocycles. The highest BCUT2D eigenvalue weighted by molar-refractivity contribution is 9.10. The molecule has 0 atom stereocenters. The maximum atomic E-state index is 9.64. The zero-order chi connectivity index (χ0) is 12.2. The predicted octanol–water partition coefficient (Wildman–Crippen LogP) is 3.04. The van der Waals surface area contributed by atoms with Crippen LogP contribution in [-0.4, -0.2) is 29.2 Å². The van der Waals surface area contributed by atoms with E-state index < -0.39 is 5.60 Å². The van der Waals surface area contributed by atoms with Crippen LogP contribution in [0.4, 0.5) is 0 Å². The van der Waals surface area contributed by atoms with Gasteiger partial charge in [-0.2, -0.15) is 0 Å². The van der Waals surface area contributed by atoms with Crippen LogP contribution in [-0.2, 0) is 6.54 Å². The molecule has 1 aromatic rings. The average molecular weight is 286 g/mol. The van der Waals surface area contributed by atoms with Gasteiger partial charge < -0.3 is 10.0 Å². The second kappa shape index (κ2) is 5.80. The van der Waals surface area contributed by atoms with Gasteiger partial charge in [-0.3, -0.25) is 0 Å². The summed E-state index contributed by atoms with van der Waals surface area (Å²) in [5, 5.41) is 9.64. The van der Waals surface area contributed by atoms with Crippen LogP contribution in [0.15, 0.2) is 28.7 Å². The fraction of sp³-hybridized carbons (Fsp3) is 0.538. The molecule has 1 N–H and O–H groups in total. The van der Waals surface area contributed by atoms with Crippen molar-refractivity contribution in [2.75, 3.05) is 13.6 Å². The fourth-order valence-electron chi connectivity index (χ4n) is 1.45. The second-order valence-electron chi connectivity index (χ2n) is 4.93. The van der Waals surface area contributed by atoms with Gasteiger partial charge in [0.1, 0.15) is 0 Å². The Bertz CT molecular complexity index is 316. The van der Waals surface area contributed by atoms with E-state index in [1.54, 1.807) is 0 Å². The zero-order valence-corrected chi connectivity index (χ0v) is 11.8. The van der Waals surface area contributed by atoms with E-state index in [0.717, 1.165) is 24.0 Å². The molecular weight excluding hydrogens is 266 g/mol. The molecule has 1 aromatic carbocycles. The van der Waals surface area contributed by atoms with Gasteiger partial charge in [-0.1, -0.05) is 28.1 Å². The Hall–Kier alpha value is -0.380. The minimum Gasteiger partial charge on any atom is -0.390 e. The highest BCUT2D eigenvalue weighted by Gasteiger charge is 2.13. The lowest BCUT2D eigenvalue weighted by atomic mass is 10.1. The predicted molar refractivity (Wildman–Crippen MR) is 71.4 cm³/mol. The number of halogens is 1. The van der Waals surface area contributed by atoms with Crippen molar-refractivity contribution in [1.29, 1.82) is 0 Å². The molecule has 0 aliphatic rings. The van der Waals surface area contributed by atoms with Crippen molar-refractivity contribution in [3.05, 3.63) is 34.3 Å². The Balaban J connectivity index is 2.39. The van der Waals surface area contributed by atoms with Gasteiger partial charge in [-0.05, 0) is 45.0 Å². The minimum absolute atomic E-state index is 0.575. The molecule has 0 unspecified atom stereocenters. The SMILES string of the molecule is CN(CCC(C)(C)O)Cc1ccc(Br)cc1.